The van der Waals surface area contributed by atoms with E-state index in [1.807, 2.05) is 24.2 Å². The van der Waals surface area contributed by atoms with Crippen LogP contribution in [-0.2, 0) is 4.79 Å². The van der Waals surface area contributed by atoms with Crippen LogP contribution >= 0.6 is 0 Å². The first kappa shape index (κ1) is 25.3. The average molecular weight is 503 g/mol. The number of aromatic amines is 1. The summed E-state index contributed by atoms with van der Waals surface area (Å²) >= 11 is 0. The van der Waals surface area contributed by atoms with Crippen LogP contribution in [0.3, 0.4) is 0 Å². The molecule has 0 unspecified atom stereocenters. The van der Waals surface area contributed by atoms with E-state index in [1.54, 1.807) is 18.0 Å². The summed E-state index contributed by atoms with van der Waals surface area (Å²) < 4.78 is 7.38. The average Bonchev–Trinajstić information content (AvgIpc) is 3.52. The molecule has 1 amide bonds. The zero-order chi connectivity index (χ0) is 26.1. The van der Waals surface area contributed by atoms with E-state index in [2.05, 4.69) is 59.4 Å². The molecule has 3 aromatic heterocycles. The highest BCUT2D eigenvalue weighted by Gasteiger charge is 2.25. The zero-order valence-electron chi connectivity index (χ0n) is 22.5. The Morgan fingerprint density at radius 2 is 2.03 bits per heavy atom. The molecular formula is C29H38N6O2. The molecule has 0 spiro atoms. The Bertz CT molecular complexity index is 1400. The van der Waals surface area contributed by atoms with Crippen molar-refractivity contribution in [1.82, 2.24) is 29.8 Å². The number of methoxy groups -OCH3 is 1. The lowest BCUT2D eigenvalue weighted by atomic mass is 9.81. The van der Waals surface area contributed by atoms with Gasteiger partial charge in [-0.25, -0.2) is 9.50 Å². The largest absolute Gasteiger partial charge is 0.493 e. The molecule has 2 N–H and O–H groups in total. The Morgan fingerprint density at radius 1 is 1.24 bits per heavy atom. The van der Waals surface area contributed by atoms with Gasteiger partial charge < -0.3 is 15.0 Å². The summed E-state index contributed by atoms with van der Waals surface area (Å²) in [6.07, 6.45) is 7.79. The highest BCUT2D eigenvalue weighted by molar-refractivity contribution is 5.92. The summed E-state index contributed by atoms with van der Waals surface area (Å²) in [4.78, 5) is 22.4. The molecule has 1 saturated carbocycles. The Labute approximate surface area is 218 Å². The lowest BCUT2D eigenvalue weighted by Gasteiger charge is -2.30. The number of hydrogen-bond acceptors (Lipinski definition) is 5. The minimum atomic E-state index is 0.136. The van der Waals surface area contributed by atoms with Crippen LogP contribution in [0.2, 0.25) is 0 Å². The molecule has 0 atom stereocenters. The number of fused-ring (bicyclic) bond motifs is 2. The molecule has 1 aliphatic carbocycles. The van der Waals surface area contributed by atoms with Crippen molar-refractivity contribution in [3.05, 3.63) is 47.9 Å². The number of amides is 1. The predicted molar refractivity (Wildman–Crippen MR) is 147 cm³/mol. The fourth-order valence-corrected chi connectivity index (χ4v) is 5.70. The number of nitrogens with one attached hydrogen (secondary N) is 2. The number of H-pyrrole nitrogens is 1. The number of aromatic nitrogens is 4. The molecule has 3 heterocycles. The van der Waals surface area contributed by atoms with E-state index in [0.29, 0.717) is 29.8 Å². The minimum absolute atomic E-state index is 0.136. The van der Waals surface area contributed by atoms with Gasteiger partial charge in [0.25, 0.3) is 0 Å². The maximum absolute atomic E-state index is 12.3. The monoisotopic (exact) mass is 502 g/mol. The third kappa shape index (κ3) is 5.07. The summed E-state index contributed by atoms with van der Waals surface area (Å²) in [5, 5.41) is 8.86. The molecular weight excluding hydrogens is 464 g/mol. The lowest BCUT2D eigenvalue weighted by Crippen LogP contribution is -2.42. The van der Waals surface area contributed by atoms with Crippen LogP contribution in [0.25, 0.3) is 27.8 Å². The van der Waals surface area contributed by atoms with Crippen LogP contribution in [0.1, 0.15) is 69.4 Å². The fraction of sp³-hybridized carbons (Fsp3) is 0.483. The van der Waals surface area contributed by atoms with Crippen molar-refractivity contribution in [2.24, 2.45) is 0 Å². The van der Waals surface area contributed by atoms with Gasteiger partial charge in [-0.15, -0.1) is 0 Å². The van der Waals surface area contributed by atoms with E-state index in [1.165, 1.54) is 16.5 Å². The maximum Gasteiger partial charge on any atom is 0.234 e. The van der Waals surface area contributed by atoms with Gasteiger partial charge in [-0.2, -0.15) is 5.10 Å². The molecule has 8 heteroatoms. The van der Waals surface area contributed by atoms with Crippen LogP contribution in [0.5, 0.6) is 5.75 Å². The Hall–Kier alpha value is -3.39. The maximum atomic E-state index is 12.3. The van der Waals surface area contributed by atoms with Gasteiger partial charge in [-0.3, -0.25) is 9.69 Å². The third-order valence-electron chi connectivity index (χ3n) is 7.81. The second-order valence-corrected chi connectivity index (χ2v) is 10.6. The molecule has 1 aromatic carbocycles. The van der Waals surface area contributed by atoms with Gasteiger partial charge in [0, 0.05) is 28.7 Å². The highest BCUT2D eigenvalue weighted by atomic mass is 16.5. The van der Waals surface area contributed by atoms with Gasteiger partial charge in [0.2, 0.25) is 5.91 Å². The number of carbonyl (C=O) groups excluding carboxylic acids is 1. The van der Waals surface area contributed by atoms with Gasteiger partial charge in [0.1, 0.15) is 6.33 Å². The van der Waals surface area contributed by atoms with Crippen molar-refractivity contribution in [1.29, 1.82) is 0 Å². The number of rotatable bonds is 8. The first-order valence-electron chi connectivity index (χ1n) is 13.4. The van der Waals surface area contributed by atoms with E-state index in [4.69, 9.17) is 4.74 Å². The van der Waals surface area contributed by atoms with Crippen LogP contribution < -0.4 is 10.1 Å². The smallest absolute Gasteiger partial charge is 0.234 e. The zero-order valence-corrected chi connectivity index (χ0v) is 22.5. The summed E-state index contributed by atoms with van der Waals surface area (Å²) in [6, 6.07) is 9.20. The molecule has 0 aliphatic heterocycles. The van der Waals surface area contributed by atoms with Crippen LogP contribution in [0.15, 0.2) is 36.8 Å². The van der Waals surface area contributed by atoms with Crippen molar-refractivity contribution in [2.45, 2.75) is 64.3 Å². The number of likely N-dealkylation sites (N-methyl/N-ethyl adjacent to an activating group) is 1. The molecule has 1 fully saturated rings. The van der Waals surface area contributed by atoms with Gasteiger partial charge >= 0.3 is 0 Å². The summed E-state index contributed by atoms with van der Waals surface area (Å²) in [6.45, 7) is 7.91. The summed E-state index contributed by atoms with van der Waals surface area (Å²) in [5.74, 6) is 1.69. The molecule has 1 aliphatic rings. The van der Waals surface area contributed by atoms with E-state index >= 15 is 0 Å². The first-order valence-corrected chi connectivity index (χ1v) is 13.4. The summed E-state index contributed by atoms with van der Waals surface area (Å²) in [5.41, 5.74) is 6.67. The van der Waals surface area contributed by atoms with E-state index in [-0.39, 0.29) is 11.9 Å². The molecule has 0 saturated heterocycles. The number of nitrogens with zero attached hydrogens (tertiary/aromatic N) is 4. The van der Waals surface area contributed by atoms with Crippen LogP contribution in [0.4, 0.5) is 0 Å². The molecule has 0 bridgehead atoms. The number of pyridine rings is 1. The van der Waals surface area contributed by atoms with Gasteiger partial charge in [-0.1, -0.05) is 26.8 Å². The van der Waals surface area contributed by atoms with Gasteiger partial charge in [0.15, 0.2) is 11.4 Å². The third-order valence-corrected chi connectivity index (χ3v) is 7.81. The van der Waals surface area contributed by atoms with Crippen molar-refractivity contribution >= 4 is 22.5 Å². The highest BCUT2D eigenvalue weighted by Crippen LogP contribution is 2.40. The van der Waals surface area contributed by atoms with Crippen molar-refractivity contribution in [2.75, 3.05) is 27.2 Å². The quantitative estimate of drug-likeness (QED) is 0.350. The Kier molecular flexibility index (Phi) is 7.20. The molecule has 5 rings (SSSR count). The second-order valence-electron chi connectivity index (χ2n) is 10.6. The number of ether oxygens (including phenoxy) is 1. The van der Waals surface area contributed by atoms with E-state index in [0.717, 1.165) is 49.0 Å². The van der Waals surface area contributed by atoms with Crippen LogP contribution in [0, 0.1) is 0 Å². The Balaban J connectivity index is 1.39. The SMILES string of the molecule is CCN(C)CC(=O)NC1CCC(c2ccc3[nH]c(-c4cc(OC)c5ncnn5c4)c(C(C)C)c3c2)CC1. The topological polar surface area (TPSA) is 87.5 Å². The standard InChI is InChI=1S/C29H38N6O2/c1-6-34(4)16-26(36)32-22-10-7-19(8-11-22)20-9-12-24-23(13-20)27(18(2)3)28(33-24)21-14-25(37-5)29-30-17-31-35(29)15-21/h9,12-15,17-19,22,33H,6-8,10-11,16H2,1-5H3,(H,32,36). The number of carbonyl (C=O) groups is 1. The first-order chi connectivity index (χ1) is 17.9. The van der Waals surface area contributed by atoms with Gasteiger partial charge in [-0.05, 0) is 80.4 Å². The molecule has 4 aromatic rings. The summed E-state index contributed by atoms with van der Waals surface area (Å²) in [7, 11) is 3.65. The van der Waals surface area contributed by atoms with E-state index in [9.17, 15) is 4.79 Å². The van der Waals surface area contributed by atoms with Crippen molar-refractivity contribution in [3.8, 4) is 17.0 Å². The lowest BCUT2D eigenvalue weighted by molar-refractivity contribution is -0.122. The predicted octanol–water partition coefficient (Wildman–Crippen LogP) is 5.10. The van der Waals surface area contributed by atoms with E-state index < -0.39 is 0 Å². The van der Waals surface area contributed by atoms with Gasteiger partial charge in [0.05, 0.1) is 19.3 Å². The number of benzene rings is 1. The minimum Gasteiger partial charge on any atom is -0.493 e. The molecule has 0 radical (unpaired) electrons. The Morgan fingerprint density at radius 3 is 2.73 bits per heavy atom. The molecule has 196 valence electrons. The number of hydrogen-bond donors (Lipinski definition) is 2. The van der Waals surface area contributed by atoms with Crippen LogP contribution in [-0.4, -0.2) is 63.7 Å². The molecule has 37 heavy (non-hydrogen) atoms. The fourth-order valence-electron chi connectivity index (χ4n) is 5.70. The van der Waals surface area contributed by atoms with Crippen molar-refractivity contribution < 1.29 is 9.53 Å². The second kappa shape index (κ2) is 10.5. The molecule has 8 nitrogen and oxygen atoms in total. The van der Waals surface area contributed by atoms with Crippen molar-refractivity contribution in [3.63, 3.8) is 0 Å². The normalized spacial score (nSPS) is 18.2.